The molecule has 0 amide bonds. The van der Waals surface area contributed by atoms with Crippen LogP contribution in [0.15, 0.2) is 42.7 Å². The Labute approximate surface area is 161 Å². The van der Waals surface area contributed by atoms with Crippen LogP contribution in [0.1, 0.15) is 5.56 Å². The molecule has 3 rings (SSSR count). The molecule has 29 heavy (non-hydrogen) atoms. The fourth-order valence-electron chi connectivity index (χ4n) is 2.04. The summed E-state index contributed by atoms with van der Waals surface area (Å²) in [5.74, 6) is 0.824. The van der Waals surface area contributed by atoms with Gasteiger partial charge in [0.15, 0.2) is 17.5 Å². The molecule has 0 unspecified atom stereocenters. The van der Waals surface area contributed by atoms with Crippen molar-refractivity contribution in [2.45, 2.75) is 6.18 Å². The molecule has 0 bridgehead atoms. The van der Waals surface area contributed by atoms with Crippen molar-refractivity contribution in [1.82, 2.24) is 15.0 Å². The quantitative estimate of drug-likeness (QED) is 0.281. The molecule has 0 fully saturated rings. The summed E-state index contributed by atoms with van der Waals surface area (Å²) in [6.07, 6.45) is -1.39. The lowest BCUT2D eigenvalue weighted by molar-refractivity contribution is -0.385. The van der Waals surface area contributed by atoms with Gasteiger partial charge in [-0.1, -0.05) is 0 Å². The van der Waals surface area contributed by atoms with Crippen LogP contribution in [-0.4, -0.2) is 19.9 Å². The van der Waals surface area contributed by atoms with Gasteiger partial charge in [-0.2, -0.15) is 13.2 Å². The van der Waals surface area contributed by atoms with E-state index in [1.54, 1.807) is 24.5 Å². The highest BCUT2D eigenvalue weighted by Crippen LogP contribution is 2.35. The van der Waals surface area contributed by atoms with Crippen molar-refractivity contribution in [1.29, 1.82) is 0 Å². The van der Waals surface area contributed by atoms with Crippen LogP contribution < -0.4 is 22.9 Å². The number of alkyl halides is 3. The fourth-order valence-corrected chi connectivity index (χ4v) is 2.04. The fraction of sp³-hybridized carbons (Fsp3) is 0.0625. The second-order valence-corrected chi connectivity index (χ2v) is 5.49. The Balaban J connectivity index is 0.000000208. The Morgan fingerprint density at radius 2 is 1.48 bits per heavy atom. The van der Waals surface area contributed by atoms with Gasteiger partial charge in [-0.15, -0.1) is 0 Å². The molecule has 8 N–H and O–H groups in total. The maximum atomic E-state index is 12.2. The third-order valence-corrected chi connectivity index (χ3v) is 3.50. The van der Waals surface area contributed by atoms with E-state index in [0.29, 0.717) is 11.9 Å². The maximum Gasteiger partial charge on any atom is 0.418 e. The second kappa shape index (κ2) is 8.24. The van der Waals surface area contributed by atoms with E-state index in [0.717, 1.165) is 17.7 Å². The average molecular weight is 408 g/mol. The van der Waals surface area contributed by atoms with E-state index in [2.05, 4.69) is 15.0 Å². The molecular weight excluding hydrogens is 393 g/mol. The van der Waals surface area contributed by atoms with Gasteiger partial charge in [-0.25, -0.2) is 9.97 Å². The molecule has 0 aliphatic carbocycles. The van der Waals surface area contributed by atoms with Crippen molar-refractivity contribution >= 4 is 28.7 Å². The number of pyridine rings is 1. The van der Waals surface area contributed by atoms with Gasteiger partial charge in [0, 0.05) is 35.8 Å². The molecule has 0 aliphatic rings. The summed E-state index contributed by atoms with van der Waals surface area (Å²) in [7, 11) is 0. The van der Waals surface area contributed by atoms with Gasteiger partial charge in [0.1, 0.15) is 5.69 Å². The molecule has 3 aromatic rings. The van der Waals surface area contributed by atoms with E-state index in [1.807, 2.05) is 0 Å². The largest absolute Gasteiger partial charge is 0.418 e. The number of anilines is 4. The zero-order chi connectivity index (χ0) is 21.8. The number of non-ortho nitro benzene ring substituents is 1. The van der Waals surface area contributed by atoms with Crippen LogP contribution in [-0.2, 0) is 6.18 Å². The lowest BCUT2D eigenvalue weighted by Gasteiger charge is -2.08. The average Bonchev–Trinajstić information content (AvgIpc) is 2.66. The normalized spacial score (nSPS) is 10.7. The number of aromatic nitrogens is 3. The zero-order valence-corrected chi connectivity index (χ0v) is 14.6. The SMILES string of the molecule is Nc1ccc([N+](=O)[O-])cc1C(F)(F)F.Nc1nc(-c2ccncc2)nc(N)c1N. The lowest BCUT2D eigenvalue weighted by atomic mass is 10.1. The number of nitro groups is 1. The minimum atomic E-state index is -4.67. The zero-order valence-electron chi connectivity index (χ0n) is 14.6. The first kappa shape index (κ1) is 21.1. The topological polar surface area (TPSA) is 186 Å². The van der Waals surface area contributed by atoms with E-state index in [1.165, 1.54) is 0 Å². The number of rotatable bonds is 2. The van der Waals surface area contributed by atoms with Crippen molar-refractivity contribution in [3.63, 3.8) is 0 Å². The molecule has 0 saturated heterocycles. The highest BCUT2D eigenvalue weighted by atomic mass is 19.4. The summed E-state index contributed by atoms with van der Waals surface area (Å²) in [6.45, 7) is 0. The van der Waals surface area contributed by atoms with Crippen LogP contribution in [0, 0.1) is 10.1 Å². The molecule has 0 atom stereocenters. The molecule has 0 saturated carbocycles. The first-order chi connectivity index (χ1) is 13.5. The summed E-state index contributed by atoms with van der Waals surface area (Å²) in [5, 5.41) is 10.2. The predicted octanol–water partition coefficient (Wildman–Crippen LogP) is 2.48. The summed E-state index contributed by atoms with van der Waals surface area (Å²) in [5.41, 5.74) is 20.4. The number of hydrogen-bond acceptors (Lipinski definition) is 9. The number of nitrogens with two attached hydrogens (primary N) is 4. The predicted molar refractivity (Wildman–Crippen MR) is 101 cm³/mol. The van der Waals surface area contributed by atoms with Gasteiger partial charge in [-0.3, -0.25) is 15.1 Å². The van der Waals surface area contributed by atoms with Crippen LogP contribution in [0.25, 0.3) is 11.4 Å². The van der Waals surface area contributed by atoms with Crippen molar-refractivity contribution in [2.75, 3.05) is 22.9 Å². The van der Waals surface area contributed by atoms with Gasteiger partial charge in [-0.05, 0) is 18.2 Å². The van der Waals surface area contributed by atoms with Crippen LogP contribution in [0.3, 0.4) is 0 Å². The molecule has 0 aliphatic heterocycles. The molecule has 0 spiro atoms. The number of nitrogen functional groups attached to an aromatic ring is 4. The molecule has 1 aromatic carbocycles. The van der Waals surface area contributed by atoms with Gasteiger partial charge in [0.05, 0.1) is 10.5 Å². The molecule has 0 radical (unpaired) electrons. The minimum absolute atomic E-state index is 0.189. The van der Waals surface area contributed by atoms with E-state index in [4.69, 9.17) is 22.9 Å². The van der Waals surface area contributed by atoms with E-state index < -0.39 is 28.0 Å². The minimum Gasteiger partial charge on any atom is -0.398 e. The smallest absolute Gasteiger partial charge is 0.398 e. The second-order valence-electron chi connectivity index (χ2n) is 5.49. The molecule has 10 nitrogen and oxygen atoms in total. The number of benzene rings is 1. The van der Waals surface area contributed by atoms with Crippen molar-refractivity contribution in [3.05, 3.63) is 58.4 Å². The first-order valence-corrected chi connectivity index (χ1v) is 7.70. The maximum absolute atomic E-state index is 12.2. The van der Waals surface area contributed by atoms with Gasteiger partial charge < -0.3 is 22.9 Å². The van der Waals surface area contributed by atoms with Crippen LogP contribution in [0.4, 0.5) is 41.9 Å². The van der Waals surface area contributed by atoms with E-state index in [9.17, 15) is 23.3 Å². The van der Waals surface area contributed by atoms with E-state index >= 15 is 0 Å². The van der Waals surface area contributed by atoms with Crippen LogP contribution >= 0.6 is 0 Å². The lowest BCUT2D eigenvalue weighted by Crippen LogP contribution is -2.09. The van der Waals surface area contributed by atoms with E-state index in [-0.39, 0.29) is 17.3 Å². The Kier molecular flexibility index (Phi) is 6.01. The molecule has 2 heterocycles. The first-order valence-electron chi connectivity index (χ1n) is 7.70. The van der Waals surface area contributed by atoms with Crippen LogP contribution in [0.2, 0.25) is 0 Å². The third kappa shape index (κ3) is 5.18. The molecular formula is C16H15F3N8O2. The summed E-state index contributed by atoms with van der Waals surface area (Å²) < 4.78 is 36.6. The number of halogens is 3. The summed E-state index contributed by atoms with van der Waals surface area (Å²) >= 11 is 0. The van der Waals surface area contributed by atoms with Gasteiger partial charge in [0.25, 0.3) is 5.69 Å². The van der Waals surface area contributed by atoms with Crippen molar-refractivity contribution in [2.24, 2.45) is 0 Å². The molecule has 152 valence electrons. The Bertz CT molecular complexity index is 1010. The number of nitro benzene ring substituents is 1. The van der Waals surface area contributed by atoms with Gasteiger partial charge in [0.2, 0.25) is 0 Å². The summed E-state index contributed by atoms with van der Waals surface area (Å²) in [4.78, 5) is 21.2. The Morgan fingerprint density at radius 3 is 1.97 bits per heavy atom. The van der Waals surface area contributed by atoms with Crippen LogP contribution in [0.5, 0.6) is 0 Å². The Hall–Kier alpha value is -4.16. The number of hydrogen-bond donors (Lipinski definition) is 4. The molecule has 2 aromatic heterocycles. The Morgan fingerprint density at radius 1 is 0.931 bits per heavy atom. The van der Waals surface area contributed by atoms with Crippen molar-refractivity contribution < 1.29 is 18.1 Å². The van der Waals surface area contributed by atoms with Gasteiger partial charge >= 0.3 is 6.18 Å². The monoisotopic (exact) mass is 408 g/mol. The standard InChI is InChI=1S/C9H10N6.C7H5F3N2O2/c10-6-7(11)14-9(15-8(6)12)5-1-3-13-4-2-5;8-7(9,10)5-3-4(12(13)14)1-2-6(5)11/h1-4H,10H2,(H4,11,12,14,15);1-3H,11H2. The highest BCUT2D eigenvalue weighted by molar-refractivity contribution is 5.74. The highest BCUT2D eigenvalue weighted by Gasteiger charge is 2.34. The van der Waals surface area contributed by atoms with Crippen molar-refractivity contribution in [3.8, 4) is 11.4 Å². The number of nitrogens with zero attached hydrogens (tertiary/aromatic N) is 4. The molecule has 13 heteroatoms. The summed E-state index contributed by atoms with van der Waals surface area (Å²) in [6, 6.07) is 5.73. The third-order valence-electron chi connectivity index (χ3n) is 3.50.